The summed E-state index contributed by atoms with van der Waals surface area (Å²) in [5, 5.41) is 15.8. The number of benzene rings is 1. The second kappa shape index (κ2) is 6.69. The largest absolute Gasteiger partial charge is 0.478 e. The van der Waals surface area contributed by atoms with Crippen molar-refractivity contribution in [3.05, 3.63) is 53.3 Å². The van der Waals surface area contributed by atoms with Crippen LogP contribution in [0.4, 0.5) is 0 Å². The van der Waals surface area contributed by atoms with E-state index in [2.05, 4.69) is 10.4 Å². The molecule has 6 heteroatoms. The number of carboxylic acid groups (broad SMARTS) is 1. The van der Waals surface area contributed by atoms with Gasteiger partial charge in [0.15, 0.2) is 0 Å². The average molecular weight is 287 g/mol. The quantitative estimate of drug-likeness (QED) is 0.792. The number of carboxylic acids is 1. The third kappa shape index (κ3) is 4.17. The molecule has 6 nitrogen and oxygen atoms in total. The van der Waals surface area contributed by atoms with Crippen LogP contribution in [0, 0.1) is 6.92 Å². The van der Waals surface area contributed by atoms with Crippen LogP contribution in [-0.4, -0.2) is 33.3 Å². The van der Waals surface area contributed by atoms with Crippen molar-refractivity contribution in [3.8, 4) is 0 Å². The minimum atomic E-state index is -1.04. The topological polar surface area (TPSA) is 84.2 Å². The predicted octanol–water partition coefficient (Wildman–Crippen LogP) is 1.71. The van der Waals surface area contributed by atoms with Gasteiger partial charge in [0.1, 0.15) is 0 Å². The normalized spacial score (nSPS) is 10.3. The first-order chi connectivity index (χ1) is 10.1. The number of amides is 1. The van der Waals surface area contributed by atoms with Gasteiger partial charge >= 0.3 is 5.97 Å². The highest BCUT2D eigenvalue weighted by Gasteiger charge is 2.08. The number of aromatic carboxylic acids is 1. The van der Waals surface area contributed by atoms with E-state index in [9.17, 15) is 9.59 Å². The maximum absolute atomic E-state index is 11.9. The van der Waals surface area contributed by atoms with Gasteiger partial charge in [0, 0.05) is 24.8 Å². The van der Waals surface area contributed by atoms with E-state index in [1.807, 2.05) is 17.8 Å². The molecule has 0 atom stereocenters. The molecule has 1 aromatic carbocycles. The van der Waals surface area contributed by atoms with E-state index in [1.54, 1.807) is 18.3 Å². The van der Waals surface area contributed by atoms with Crippen molar-refractivity contribution in [1.82, 2.24) is 15.1 Å². The number of nitrogens with zero attached hydrogens (tertiary/aromatic N) is 2. The van der Waals surface area contributed by atoms with Gasteiger partial charge in [0.25, 0.3) is 5.91 Å². The first kappa shape index (κ1) is 14.8. The van der Waals surface area contributed by atoms with Gasteiger partial charge < -0.3 is 10.4 Å². The Morgan fingerprint density at radius 1 is 1.33 bits per heavy atom. The zero-order valence-corrected chi connectivity index (χ0v) is 11.7. The molecule has 0 fully saturated rings. The summed E-state index contributed by atoms with van der Waals surface area (Å²) in [4.78, 5) is 22.8. The number of aromatic nitrogens is 2. The van der Waals surface area contributed by atoms with Gasteiger partial charge in [0.2, 0.25) is 0 Å². The van der Waals surface area contributed by atoms with Gasteiger partial charge in [-0.1, -0.05) is 6.07 Å². The zero-order chi connectivity index (χ0) is 15.2. The Hall–Kier alpha value is -2.63. The van der Waals surface area contributed by atoms with Crippen molar-refractivity contribution in [1.29, 1.82) is 0 Å². The maximum atomic E-state index is 11.9. The van der Waals surface area contributed by atoms with Crippen LogP contribution in [-0.2, 0) is 6.54 Å². The van der Waals surface area contributed by atoms with Crippen molar-refractivity contribution in [2.45, 2.75) is 19.9 Å². The number of aryl methyl sites for hydroxylation is 2. The van der Waals surface area contributed by atoms with E-state index in [4.69, 9.17) is 5.11 Å². The van der Waals surface area contributed by atoms with Crippen LogP contribution >= 0.6 is 0 Å². The number of carbonyl (C=O) groups is 2. The SMILES string of the molecule is Cc1cnn(CCCNC(=O)c2cccc(C(=O)O)c2)c1. The molecular formula is C15H17N3O3. The fraction of sp³-hybridized carbons (Fsp3) is 0.267. The number of carbonyl (C=O) groups excluding carboxylic acids is 1. The maximum Gasteiger partial charge on any atom is 0.335 e. The molecule has 1 heterocycles. The van der Waals surface area contributed by atoms with Gasteiger partial charge in [-0.05, 0) is 37.1 Å². The molecule has 2 rings (SSSR count). The molecule has 0 spiro atoms. The zero-order valence-electron chi connectivity index (χ0n) is 11.7. The summed E-state index contributed by atoms with van der Waals surface area (Å²) in [5.41, 5.74) is 1.56. The van der Waals surface area contributed by atoms with Crippen LogP contribution in [0.3, 0.4) is 0 Å². The second-order valence-electron chi connectivity index (χ2n) is 4.78. The summed E-state index contributed by atoms with van der Waals surface area (Å²) in [7, 11) is 0. The fourth-order valence-electron chi connectivity index (χ4n) is 1.93. The Balaban J connectivity index is 1.81. The first-order valence-electron chi connectivity index (χ1n) is 6.67. The molecule has 0 aliphatic carbocycles. The van der Waals surface area contributed by atoms with E-state index in [0.29, 0.717) is 12.1 Å². The van der Waals surface area contributed by atoms with E-state index >= 15 is 0 Å². The van der Waals surface area contributed by atoms with E-state index < -0.39 is 5.97 Å². The highest BCUT2D eigenvalue weighted by Crippen LogP contribution is 2.05. The van der Waals surface area contributed by atoms with Gasteiger partial charge in [-0.3, -0.25) is 9.48 Å². The average Bonchev–Trinajstić information content (AvgIpc) is 2.89. The number of nitrogens with one attached hydrogen (secondary N) is 1. The van der Waals surface area contributed by atoms with Crippen molar-refractivity contribution >= 4 is 11.9 Å². The standard InChI is InChI=1S/C15H17N3O3/c1-11-9-17-18(10-11)7-3-6-16-14(19)12-4-2-5-13(8-12)15(20)21/h2,4-5,8-10H,3,6-7H2,1H3,(H,16,19)(H,20,21). The number of hydrogen-bond acceptors (Lipinski definition) is 3. The molecule has 0 bridgehead atoms. The smallest absolute Gasteiger partial charge is 0.335 e. The van der Waals surface area contributed by atoms with Crippen molar-refractivity contribution < 1.29 is 14.7 Å². The summed E-state index contributed by atoms with van der Waals surface area (Å²) in [6, 6.07) is 5.98. The Morgan fingerprint density at radius 2 is 2.10 bits per heavy atom. The van der Waals surface area contributed by atoms with Gasteiger partial charge in [-0.2, -0.15) is 5.10 Å². The lowest BCUT2D eigenvalue weighted by Crippen LogP contribution is -2.25. The Bertz CT molecular complexity index is 649. The molecule has 2 aromatic rings. The highest BCUT2D eigenvalue weighted by molar-refractivity contribution is 5.97. The summed E-state index contributed by atoms with van der Waals surface area (Å²) in [5.74, 6) is -1.31. The van der Waals surface area contributed by atoms with Crippen molar-refractivity contribution in [2.24, 2.45) is 0 Å². The lowest BCUT2D eigenvalue weighted by atomic mass is 10.1. The van der Waals surface area contributed by atoms with Gasteiger partial charge in [0.05, 0.1) is 11.8 Å². The molecule has 2 N–H and O–H groups in total. The Morgan fingerprint density at radius 3 is 2.76 bits per heavy atom. The van der Waals surface area contributed by atoms with Crippen LogP contribution in [0.1, 0.15) is 32.7 Å². The number of hydrogen-bond donors (Lipinski definition) is 2. The third-order valence-corrected chi connectivity index (χ3v) is 2.98. The Labute approximate surface area is 122 Å². The fourth-order valence-corrected chi connectivity index (χ4v) is 1.93. The van der Waals surface area contributed by atoms with Crippen LogP contribution < -0.4 is 5.32 Å². The van der Waals surface area contributed by atoms with Crippen LogP contribution in [0.2, 0.25) is 0 Å². The molecule has 0 radical (unpaired) electrons. The van der Waals surface area contributed by atoms with Crippen LogP contribution in [0.25, 0.3) is 0 Å². The monoisotopic (exact) mass is 287 g/mol. The molecule has 0 saturated heterocycles. The van der Waals surface area contributed by atoms with E-state index in [0.717, 1.165) is 18.5 Å². The van der Waals surface area contributed by atoms with Crippen LogP contribution in [0.15, 0.2) is 36.7 Å². The van der Waals surface area contributed by atoms with E-state index in [-0.39, 0.29) is 11.5 Å². The minimum absolute atomic E-state index is 0.106. The Kier molecular flexibility index (Phi) is 4.71. The molecular weight excluding hydrogens is 270 g/mol. The molecule has 110 valence electrons. The molecule has 1 amide bonds. The predicted molar refractivity (Wildman–Crippen MR) is 77.3 cm³/mol. The summed E-state index contributed by atoms with van der Waals surface area (Å²) < 4.78 is 1.83. The van der Waals surface area contributed by atoms with Crippen LogP contribution in [0.5, 0.6) is 0 Å². The number of rotatable bonds is 6. The van der Waals surface area contributed by atoms with Crippen molar-refractivity contribution in [3.63, 3.8) is 0 Å². The summed E-state index contributed by atoms with van der Waals surface area (Å²) in [6.45, 7) is 3.21. The van der Waals surface area contributed by atoms with Crippen molar-refractivity contribution in [2.75, 3.05) is 6.54 Å². The third-order valence-electron chi connectivity index (χ3n) is 2.98. The van der Waals surface area contributed by atoms with Gasteiger partial charge in [-0.15, -0.1) is 0 Å². The lowest BCUT2D eigenvalue weighted by molar-refractivity contribution is 0.0697. The van der Waals surface area contributed by atoms with E-state index in [1.165, 1.54) is 12.1 Å². The van der Waals surface area contributed by atoms with Gasteiger partial charge in [-0.25, -0.2) is 4.79 Å². The molecule has 0 aliphatic rings. The molecule has 0 saturated carbocycles. The minimum Gasteiger partial charge on any atom is -0.478 e. The molecule has 0 unspecified atom stereocenters. The molecule has 0 aliphatic heterocycles. The lowest BCUT2D eigenvalue weighted by Gasteiger charge is -2.06. The summed E-state index contributed by atoms with van der Waals surface area (Å²) in [6.07, 6.45) is 4.49. The first-order valence-corrected chi connectivity index (χ1v) is 6.67. The molecule has 1 aromatic heterocycles. The highest BCUT2D eigenvalue weighted by atomic mass is 16.4. The second-order valence-corrected chi connectivity index (χ2v) is 4.78. The summed E-state index contributed by atoms with van der Waals surface area (Å²) >= 11 is 0. The molecule has 21 heavy (non-hydrogen) atoms.